The topological polar surface area (TPSA) is 55.1 Å². The predicted molar refractivity (Wildman–Crippen MR) is 118 cm³/mol. The van der Waals surface area contributed by atoms with Crippen molar-refractivity contribution in [3.63, 3.8) is 0 Å². The normalized spacial score (nSPS) is 11.2. The van der Waals surface area contributed by atoms with Gasteiger partial charge >= 0.3 is 0 Å². The highest BCUT2D eigenvalue weighted by Crippen LogP contribution is 2.28. The molecule has 146 valence electrons. The summed E-state index contributed by atoms with van der Waals surface area (Å²) in [5, 5.41) is 3.32. The van der Waals surface area contributed by atoms with Crippen LogP contribution in [0, 0.1) is 6.92 Å². The number of halogens is 1. The number of carbonyl (C=O) groups excluding carboxylic acids is 1. The van der Waals surface area contributed by atoms with E-state index < -0.39 is 0 Å². The fourth-order valence-electron chi connectivity index (χ4n) is 3.16. The van der Waals surface area contributed by atoms with E-state index in [1.807, 2.05) is 43.3 Å². The molecule has 0 saturated heterocycles. The number of benzene rings is 3. The molecule has 1 N–H and O–H groups in total. The highest BCUT2D eigenvalue weighted by atomic mass is 35.5. The number of hydrogen-bond donors (Lipinski definition) is 1. The van der Waals surface area contributed by atoms with Gasteiger partial charge in [-0.2, -0.15) is 0 Å². The van der Waals surface area contributed by atoms with Gasteiger partial charge in [-0.15, -0.1) is 0 Å². The second-order valence-corrected chi connectivity index (χ2v) is 7.83. The van der Waals surface area contributed by atoms with Gasteiger partial charge in [0.15, 0.2) is 5.58 Å². The van der Waals surface area contributed by atoms with Crippen LogP contribution in [0.5, 0.6) is 0 Å². The Bertz CT molecular complexity index is 1210. The number of anilines is 1. The number of aryl methyl sites for hydroxylation is 1. The Hall–Kier alpha value is -3.11. The third kappa shape index (κ3) is 4.03. The molecular weight excluding hydrogens is 384 g/mol. The van der Waals surface area contributed by atoms with E-state index in [9.17, 15) is 4.79 Å². The predicted octanol–water partition coefficient (Wildman–Crippen LogP) is 6.83. The molecular formula is C24H21ClN2O2. The SMILES string of the molecule is Cc1ccc(C(=O)Nc2cccc(-c3nc4cc(C(C)C)ccc4o3)c2)c(Cl)c1. The number of carbonyl (C=O) groups is 1. The summed E-state index contributed by atoms with van der Waals surface area (Å²) in [6.07, 6.45) is 0. The minimum Gasteiger partial charge on any atom is -0.436 e. The van der Waals surface area contributed by atoms with Gasteiger partial charge in [0, 0.05) is 11.3 Å². The van der Waals surface area contributed by atoms with Crippen molar-refractivity contribution in [2.45, 2.75) is 26.7 Å². The van der Waals surface area contributed by atoms with Crippen LogP contribution in [0.4, 0.5) is 5.69 Å². The van der Waals surface area contributed by atoms with Crippen LogP contribution >= 0.6 is 11.6 Å². The molecule has 4 aromatic rings. The fourth-order valence-corrected chi connectivity index (χ4v) is 3.48. The van der Waals surface area contributed by atoms with Gasteiger partial charge < -0.3 is 9.73 Å². The van der Waals surface area contributed by atoms with E-state index in [2.05, 4.69) is 36.3 Å². The van der Waals surface area contributed by atoms with Gasteiger partial charge in [-0.1, -0.05) is 43.6 Å². The largest absolute Gasteiger partial charge is 0.436 e. The first-order valence-electron chi connectivity index (χ1n) is 9.49. The summed E-state index contributed by atoms with van der Waals surface area (Å²) in [7, 11) is 0. The highest BCUT2D eigenvalue weighted by molar-refractivity contribution is 6.34. The zero-order valence-electron chi connectivity index (χ0n) is 16.5. The second-order valence-electron chi connectivity index (χ2n) is 7.42. The molecule has 0 bridgehead atoms. The Morgan fingerprint density at radius 1 is 1.07 bits per heavy atom. The number of nitrogens with one attached hydrogen (secondary N) is 1. The van der Waals surface area contributed by atoms with Crippen molar-refractivity contribution in [2.24, 2.45) is 0 Å². The summed E-state index contributed by atoms with van der Waals surface area (Å²) in [4.78, 5) is 17.2. The average molecular weight is 405 g/mol. The summed E-state index contributed by atoms with van der Waals surface area (Å²) in [5.41, 5.74) is 5.66. The first kappa shape index (κ1) is 19.2. The van der Waals surface area contributed by atoms with E-state index >= 15 is 0 Å². The molecule has 0 aliphatic rings. The van der Waals surface area contributed by atoms with E-state index in [0.29, 0.717) is 28.1 Å². The maximum atomic E-state index is 12.6. The average Bonchev–Trinajstić information content (AvgIpc) is 3.11. The molecule has 5 heteroatoms. The first-order chi connectivity index (χ1) is 13.9. The van der Waals surface area contributed by atoms with Gasteiger partial charge in [0.05, 0.1) is 10.6 Å². The van der Waals surface area contributed by atoms with Crippen LogP contribution in [0.15, 0.2) is 65.1 Å². The summed E-state index contributed by atoms with van der Waals surface area (Å²) in [6.45, 7) is 6.23. The number of hydrogen-bond acceptors (Lipinski definition) is 3. The van der Waals surface area contributed by atoms with Crippen LogP contribution in [0.25, 0.3) is 22.6 Å². The van der Waals surface area contributed by atoms with Crippen molar-refractivity contribution >= 4 is 34.3 Å². The summed E-state index contributed by atoms with van der Waals surface area (Å²) >= 11 is 6.21. The van der Waals surface area contributed by atoms with Crippen LogP contribution in [0.3, 0.4) is 0 Å². The molecule has 0 saturated carbocycles. The number of rotatable bonds is 4. The molecule has 29 heavy (non-hydrogen) atoms. The van der Waals surface area contributed by atoms with E-state index in [1.54, 1.807) is 12.1 Å². The zero-order valence-corrected chi connectivity index (χ0v) is 17.2. The van der Waals surface area contributed by atoms with Crippen LogP contribution in [0.1, 0.15) is 41.3 Å². The molecule has 0 radical (unpaired) electrons. The number of amides is 1. The molecule has 3 aromatic carbocycles. The first-order valence-corrected chi connectivity index (χ1v) is 9.87. The molecule has 0 spiro atoms. The number of oxazole rings is 1. The lowest BCUT2D eigenvalue weighted by Crippen LogP contribution is -2.12. The van der Waals surface area contributed by atoms with Crippen LogP contribution < -0.4 is 5.32 Å². The molecule has 1 aromatic heterocycles. The minimum atomic E-state index is -0.258. The van der Waals surface area contributed by atoms with Gasteiger partial charge in [-0.25, -0.2) is 4.98 Å². The summed E-state index contributed by atoms with van der Waals surface area (Å²) in [6, 6.07) is 18.9. The van der Waals surface area contributed by atoms with Gasteiger partial charge in [0.25, 0.3) is 5.91 Å². The number of aromatic nitrogens is 1. The monoisotopic (exact) mass is 404 g/mol. The highest BCUT2D eigenvalue weighted by Gasteiger charge is 2.13. The minimum absolute atomic E-state index is 0.258. The maximum absolute atomic E-state index is 12.6. The summed E-state index contributed by atoms with van der Waals surface area (Å²) in [5.74, 6) is 0.684. The fraction of sp³-hybridized carbons (Fsp3) is 0.167. The van der Waals surface area contributed by atoms with Crippen molar-refractivity contribution in [1.29, 1.82) is 0 Å². The zero-order chi connectivity index (χ0) is 20.5. The Morgan fingerprint density at radius 3 is 2.66 bits per heavy atom. The van der Waals surface area contributed by atoms with Crippen molar-refractivity contribution in [1.82, 2.24) is 4.98 Å². The second kappa shape index (κ2) is 7.72. The Labute approximate surface area is 174 Å². The van der Waals surface area contributed by atoms with Gasteiger partial charge in [0.1, 0.15) is 5.52 Å². The van der Waals surface area contributed by atoms with Gasteiger partial charge in [-0.3, -0.25) is 4.79 Å². The molecule has 4 rings (SSSR count). The third-order valence-electron chi connectivity index (χ3n) is 4.81. The standard InChI is InChI=1S/C24H21ClN2O2/c1-14(2)16-8-10-22-21(13-16)27-24(29-22)17-5-4-6-18(12-17)26-23(28)19-9-7-15(3)11-20(19)25/h4-14H,1-3H3,(H,26,28). The Kier molecular flexibility index (Phi) is 5.12. The quantitative estimate of drug-likeness (QED) is 0.405. The molecule has 0 aliphatic carbocycles. The van der Waals surface area contributed by atoms with E-state index in [4.69, 9.17) is 16.0 Å². The van der Waals surface area contributed by atoms with Crippen molar-refractivity contribution in [3.05, 3.63) is 82.4 Å². The molecule has 1 heterocycles. The number of fused-ring (bicyclic) bond motifs is 1. The molecule has 1 amide bonds. The lowest BCUT2D eigenvalue weighted by molar-refractivity contribution is 0.102. The van der Waals surface area contributed by atoms with E-state index in [1.165, 1.54) is 5.56 Å². The van der Waals surface area contributed by atoms with Gasteiger partial charge in [-0.05, 0) is 66.4 Å². The third-order valence-corrected chi connectivity index (χ3v) is 5.13. The van der Waals surface area contributed by atoms with Crippen molar-refractivity contribution < 1.29 is 9.21 Å². The smallest absolute Gasteiger partial charge is 0.257 e. The van der Waals surface area contributed by atoms with Crippen LogP contribution in [-0.4, -0.2) is 10.9 Å². The van der Waals surface area contributed by atoms with E-state index in [-0.39, 0.29) is 5.91 Å². The molecule has 0 aliphatic heterocycles. The van der Waals surface area contributed by atoms with Crippen LogP contribution in [0.2, 0.25) is 5.02 Å². The molecule has 4 nitrogen and oxygen atoms in total. The lowest BCUT2D eigenvalue weighted by atomic mass is 10.0. The molecule has 0 atom stereocenters. The Balaban J connectivity index is 1.61. The lowest BCUT2D eigenvalue weighted by Gasteiger charge is -2.08. The van der Waals surface area contributed by atoms with Crippen molar-refractivity contribution in [3.8, 4) is 11.5 Å². The summed E-state index contributed by atoms with van der Waals surface area (Å²) < 4.78 is 5.92. The van der Waals surface area contributed by atoms with Crippen LogP contribution in [-0.2, 0) is 0 Å². The molecule has 0 unspecified atom stereocenters. The Morgan fingerprint density at radius 2 is 1.90 bits per heavy atom. The maximum Gasteiger partial charge on any atom is 0.257 e. The molecule has 0 fully saturated rings. The van der Waals surface area contributed by atoms with E-state index in [0.717, 1.165) is 22.2 Å². The van der Waals surface area contributed by atoms with Crippen molar-refractivity contribution in [2.75, 3.05) is 5.32 Å². The number of nitrogens with zero attached hydrogens (tertiary/aromatic N) is 1. The van der Waals surface area contributed by atoms with Gasteiger partial charge in [0.2, 0.25) is 5.89 Å².